The average Bonchev–Trinajstić information content (AvgIpc) is 1.87. The number of hydrogen-bond acceptors (Lipinski definition) is 1. The molecule has 0 radical (unpaired) electrons. The summed E-state index contributed by atoms with van der Waals surface area (Å²) in [5.41, 5.74) is 1.35. The maximum absolute atomic E-state index is 4.37. The summed E-state index contributed by atoms with van der Waals surface area (Å²) in [5.74, 6) is 0. The van der Waals surface area contributed by atoms with Gasteiger partial charge in [0.2, 0.25) is 0 Å². The molecule has 64 valence electrons. The lowest BCUT2D eigenvalue weighted by atomic mass is 9.92. The zero-order chi connectivity index (χ0) is 8.91. The van der Waals surface area contributed by atoms with E-state index in [1.165, 1.54) is 5.70 Å². The van der Waals surface area contributed by atoms with Crippen molar-refractivity contribution in [1.82, 2.24) is 0 Å². The van der Waals surface area contributed by atoms with E-state index >= 15 is 0 Å². The molecule has 1 heteroatoms. The lowest BCUT2D eigenvalue weighted by molar-refractivity contribution is 0.498. The van der Waals surface area contributed by atoms with Crippen LogP contribution in [0.25, 0.3) is 0 Å². The zero-order valence-electron chi connectivity index (χ0n) is 8.31. The summed E-state index contributed by atoms with van der Waals surface area (Å²) in [7, 11) is 0. The first kappa shape index (κ1) is 10.4. The molecule has 0 bridgehead atoms. The standard InChI is InChI=1S/C10H19N/c1-6-8-11-9(7-2)10(3,4)5/h7-8H,6H2,1-5H3/b9-7-,11-8?. The van der Waals surface area contributed by atoms with Gasteiger partial charge in [-0.2, -0.15) is 0 Å². The molecule has 0 aromatic carbocycles. The third kappa shape index (κ3) is 3.97. The van der Waals surface area contributed by atoms with Crippen LogP contribution in [0.15, 0.2) is 16.8 Å². The maximum Gasteiger partial charge on any atom is 0.0410 e. The minimum atomic E-state index is 0.181. The number of rotatable bonds is 2. The largest absolute Gasteiger partial charge is 0.265 e. The van der Waals surface area contributed by atoms with Crippen molar-refractivity contribution in [2.45, 2.75) is 41.0 Å². The van der Waals surface area contributed by atoms with Crippen molar-refractivity contribution >= 4 is 6.21 Å². The molecule has 0 aliphatic carbocycles. The molecule has 0 aliphatic rings. The fourth-order valence-electron chi connectivity index (χ4n) is 0.891. The van der Waals surface area contributed by atoms with Crippen LogP contribution in [0.4, 0.5) is 0 Å². The Morgan fingerprint density at radius 2 is 1.91 bits per heavy atom. The number of aliphatic imine (C=N–C) groups is 1. The molecule has 0 amide bonds. The normalized spacial score (nSPS) is 14.5. The van der Waals surface area contributed by atoms with E-state index in [-0.39, 0.29) is 5.41 Å². The molecule has 0 spiro atoms. The lowest BCUT2D eigenvalue weighted by Gasteiger charge is -2.18. The van der Waals surface area contributed by atoms with Gasteiger partial charge < -0.3 is 0 Å². The first-order valence-electron chi connectivity index (χ1n) is 4.21. The molecule has 0 saturated heterocycles. The number of allylic oxidation sites excluding steroid dienone is 2. The molecule has 0 rings (SSSR count). The van der Waals surface area contributed by atoms with Crippen LogP contribution in [0, 0.1) is 5.41 Å². The zero-order valence-corrected chi connectivity index (χ0v) is 8.31. The second-order valence-electron chi connectivity index (χ2n) is 3.64. The monoisotopic (exact) mass is 153 g/mol. The molecule has 0 unspecified atom stereocenters. The predicted octanol–water partition coefficient (Wildman–Crippen LogP) is 3.42. The Labute approximate surface area is 70.2 Å². The van der Waals surface area contributed by atoms with E-state index in [4.69, 9.17) is 0 Å². The molecule has 0 atom stereocenters. The minimum absolute atomic E-state index is 0.181. The van der Waals surface area contributed by atoms with E-state index < -0.39 is 0 Å². The summed E-state index contributed by atoms with van der Waals surface area (Å²) in [4.78, 5) is 4.37. The van der Waals surface area contributed by atoms with Crippen molar-refractivity contribution in [3.8, 4) is 0 Å². The summed E-state index contributed by atoms with van der Waals surface area (Å²) >= 11 is 0. The summed E-state index contributed by atoms with van der Waals surface area (Å²) in [6.45, 7) is 10.7. The Balaban J connectivity index is 4.33. The highest BCUT2D eigenvalue weighted by Gasteiger charge is 2.14. The SMILES string of the molecule is C/C=C(\N=CCC)C(C)(C)C. The van der Waals surface area contributed by atoms with Gasteiger partial charge in [0.1, 0.15) is 0 Å². The van der Waals surface area contributed by atoms with E-state index in [0.29, 0.717) is 0 Å². The predicted molar refractivity (Wildman–Crippen MR) is 52.0 cm³/mol. The first-order chi connectivity index (χ1) is 5.02. The Bertz CT molecular complexity index is 158. The van der Waals surface area contributed by atoms with E-state index in [9.17, 15) is 0 Å². The van der Waals surface area contributed by atoms with Gasteiger partial charge in [0.05, 0.1) is 0 Å². The van der Waals surface area contributed by atoms with Crippen molar-refractivity contribution in [3.05, 3.63) is 11.8 Å². The summed E-state index contributed by atoms with van der Waals surface area (Å²) in [6.07, 6.45) is 5.04. The van der Waals surface area contributed by atoms with E-state index in [1.54, 1.807) is 0 Å². The second kappa shape index (κ2) is 4.32. The van der Waals surface area contributed by atoms with Gasteiger partial charge in [-0.25, -0.2) is 0 Å². The quantitative estimate of drug-likeness (QED) is 0.539. The van der Waals surface area contributed by atoms with Crippen LogP contribution in [-0.4, -0.2) is 6.21 Å². The molecule has 1 nitrogen and oxygen atoms in total. The molecule has 0 saturated carbocycles. The van der Waals surface area contributed by atoms with Crippen LogP contribution in [0.2, 0.25) is 0 Å². The first-order valence-corrected chi connectivity index (χ1v) is 4.21. The van der Waals surface area contributed by atoms with E-state index in [0.717, 1.165) is 6.42 Å². The van der Waals surface area contributed by atoms with Crippen LogP contribution in [-0.2, 0) is 0 Å². The fraction of sp³-hybridized carbons (Fsp3) is 0.700. The molecule has 0 fully saturated rings. The summed E-state index contributed by atoms with van der Waals surface area (Å²) in [6, 6.07) is 0. The van der Waals surface area contributed by atoms with Gasteiger partial charge in [0.15, 0.2) is 0 Å². The van der Waals surface area contributed by atoms with Crippen LogP contribution >= 0.6 is 0 Å². The smallest absolute Gasteiger partial charge is 0.0410 e. The van der Waals surface area contributed by atoms with Crippen molar-refractivity contribution in [2.75, 3.05) is 0 Å². The van der Waals surface area contributed by atoms with Crippen molar-refractivity contribution in [1.29, 1.82) is 0 Å². The average molecular weight is 153 g/mol. The van der Waals surface area contributed by atoms with Gasteiger partial charge >= 0.3 is 0 Å². The van der Waals surface area contributed by atoms with Gasteiger partial charge in [-0.3, -0.25) is 4.99 Å². The molecule has 0 aliphatic heterocycles. The molecular weight excluding hydrogens is 134 g/mol. The summed E-state index contributed by atoms with van der Waals surface area (Å²) < 4.78 is 0. The van der Waals surface area contributed by atoms with Crippen LogP contribution < -0.4 is 0 Å². The van der Waals surface area contributed by atoms with Crippen molar-refractivity contribution < 1.29 is 0 Å². The minimum Gasteiger partial charge on any atom is -0.265 e. The molecule has 0 heterocycles. The number of nitrogens with zero attached hydrogens (tertiary/aromatic N) is 1. The van der Waals surface area contributed by atoms with Crippen molar-refractivity contribution in [2.24, 2.45) is 10.4 Å². The van der Waals surface area contributed by atoms with E-state index in [1.807, 2.05) is 13.1 Å². The molecular formula is C10H19N. The Kier molecular flexibility index (Phi) is 4.09. The van der Waals surface area contributed by atoms with Gasteiger partial charge in [-0.05, 0) is 13.3 Å². The third-order valence-electron chi connectivity index (χ3n) is 1.45. The fourth-order valence-corrected chi connectivity index (χ4v) is 0.891. The van der Waals surface area contributed by atoms with Crippen molar-refractivity contribution in [3.63, 3.8) is 0 Å². The molecule has 11 heavy (non-hydrogen) atoms. The highest BCUT2D eigenvalue weighted by molar-refractivity contribution is 5.58. The van der Waals surface area contributed by atoms with E-state index in [2.05, 4.69) is 38.8 Å². The van der Waals surface area contributed by atoms with Gasteiger partial charge in [0, 0.05) is 17.3 Å². The third-order valence-corrected chi connectivity index (χ3v) is 1.45. The van der Waals surface area contributed by atoms with Crippen LogP contribution in [0.5, 0.6) is 0 Å². The molecule has 0 N–H and O–H groups in total. The van der Waals surface area contributed by atoms with Gasteiger partial charge in [-0.15, -0.1) is 0 Å². The lowest BCUT2D eigenvalue weighted by Crippen LogP contribution is -2.07. The Hall–Kier alpha value is -0.590. The topological polar surface area (TPSA) is 12.4 Å². The number of hydrogen-bond donors (Lipinski definition) is 0. The maximum atomic E-state index is 4.37. The highest BCUT2D eigenvalue weighted by atomic mass is 14.7. The molecule has 0 aromatic heterocycles. The van der Waals surface area contributed by atoms with Crippen LogP contribution in [0.3, 0.4) is 0 Å². The Morgan fingerprint density at radius 3 is 2.18 bits per heavy atom. The summed E-state index contributed by atoms with van der Waals surface area (Å²) in [5, 5.41) is 0. The van der Waals surface area contributed by atoms with Crippen LogP contribution in [0.1, 0.15) is 41.0 Å². The highest BCUT2D eigenvalue weighted by Crippen LogP contribution is 2.25. The van der Waals surface area contributed by atoms with Gasteiger partial charge in [0.25, 0.3) is 0 Å². The van der Waals surface area contributed by atoms with Gasteiger partial charge in [-0.1, -0.05) is 33.8 Å². The molecule has 0 aromatic rings. The Morgan fingerprint density at radius 1 is 1.36 bits per heavy atom. The second-order valence-corrected chi connectivity index (χ2v) is 3.64.